The maximum atomic E-state index is 5.96. The Balaban J connectivity index is 2.21. The lowest BCUT2D eigenvalue weighted by Gasteiger charge is -2.09. The van der Waals surface area contributed by atoms with Crippen molar-refractivity contribution in [2.45, 2.75) is 46.4 Å². The molecule has 0 aliphatic heterocycles. The van der Waals surface area contributed by atoms with Gasteiger partial charge in [-0.1, -0.05) is 30.3 Å². The molecule has 24 heavy (non-hydrogen) atoms. The lowest BCUT2D eigenvalue weighted by molar-refractivity contribution is 0.306. The number of rotatable bonds is 7. The van der Waals surface area contributed by atoms with Crippen LogP contribution in [-0.4, -0.2) is 24.5 Å². The first-order chi connectivity index (χ1) is 11.5. The van der Waals surface area contributed by atoms with E-state index in [9.17, 15) is 0 Å². The standard InChI is InChI=1S/C21H26N2O/c1-16(2)22-13-19-10-20(14-23-17(3)4)12-21(11-19)24-15-18-8-6-5-7-9-18/h5-14,16-17H,15H2,1-4H3/b22-13+,23-14+. The minimum atomic E-state index is 0.270. The van der Waals surface area contributed by atoms with Crippen LogP contribution in [0.15, 0.2) is 58.5 Å². The molecule has 0 heterocycles. The van der Waals surface area contributed by atoms with Crippen LogP contribution in [0.3, 0.4) is 0 Å². The monoisotopic (exact) mass is 322 g/mol. The van der Waals surface area contributed by atoms with E-state index >= 15 is 0 Å². The van der Waals surface area contributed by atoms with Gasteiger partial charge >= 0.3 is 0 Å². The molecule has 0 atom stereocenters. The van der Waals surface area contributed by atoms with Crippen molar-refractivity contribution in [2.24, 2.45) is 9.98 Å². The number of hydrogen-bond acceptors (Lipinski definition) is 3. The molecule has 2 aromatic carbocycles. The first kappa shape index (κ1) is 17.9. The zero-order valence-corrected chi connectivity index (χ0v) is 14.9. The largest absolute Gasteiger partial charge is 0.489 e. The highest BCUT2D eigenvalue weighted by molar-refractivity contribution is 5.87. The summed E-state index contributed by atoms with van der Waals surface area (Å²) in [6.07, 6.45) is 3.79. The van der Waals surface area contributed by atoms with Crippen LogP contribution < -0.4 is 4.74 Å². The van der Waals surface area contributed by atoms with E-state index in [1.165, 1.54) is 0 Å². The Morgan fingerprint density at radius 3 is 1.88 bits per heavy atom. The summed E-state index contributed by atoms with van der Waals surface area (Å²) in [6.45, 7) is 8.80. The molecule has 0 spiro atoms. The molecule has 0 aliphatic rings. The highest BCUT2D eigenvalue weighted by atomic mass is 16.5. The second-order valence-electron chi connectivity index (χ2n) is 6.35. The number of hydrogen-bond donors (Lipinski definition) is 0. The van der Waals surface area contributed by atoms with Crippen LogP contribution in [0, 0.1) is 0 Å². The molecule has 0 aromatic heterocycles. The minimum Gasteiger partial charge on any atom is -0.489 e. The van der Waals surface area contributed by atoms with Crippen LogP contribution in [0.5, 0.6) is 5.75 Å². The molecule has 0 saturated carbocycles. The van der Waals surface area contributed by atoms with Crippen molar-refractivity contribution in [3.8, 4) is 5.75 Å². The third kappa shape index (κ3) is 6.37. The maximum absolute atomic E-state index is 5.96. The van der Waals surface area contributed by atoms with Gasteiger partial charge in [0.1, 0.15) is 12.4 Å². The van der Waals surface area contributed by atoms with Gasteiger partial charge in [0.2, 0.25) is 0 Å². The van der Waals surface area contributed by atoms with Gasteiger partial charge in [-0.15, -0.1) is 0 Å². The summed E-state index contributed by atoms with van der Waals surface area (Å²) in [6, 6.07) is 16.8. The van der Waals surface area contributed by atoms with E-state index in [4.69, 9.17) is 4.74 Å². The third-order valence-corrected chi connectivity index (χ3v) is 3.24. The van der Waals surface area contributed by atoms with E-state index in [1.807, 2.05) is 42.8 Å². The average molecular weight is 322 g/mol. The number of benzene rings is 2. The van der Waals surface area contributed by atoms with E-state index in [0.717, 1.165) is 22.4 Å². The SMILES string of the molecule is CC(C)/N=C/c1cc(/C=N/C(C)C)cc(OCc2ccccc2)c1. The van der Waals surface area contributed by atoms with E-state index in [1.54, 1.807) is 0 Å². The van der Waals surface area contributed by atoms with E-state index in [0.29, 0.717) is 6.61 Å². The Kier molecular flexibility index (Phi) is 6.74. The van der Waals surface area contributed by atoms with Crippen LogP contribution in [0.4, 0.5) is 0 Å². The van der Waals surface area contributed by atoms with Crippen LogP contribution in [0.2, 0.25) is 0 Å². The molecule has 0 aliphatic carbocycles. The molecular weight excluding hydrogens is 296 g/mol. The quantitative estimate of drug-likeness (QED) is 0.666. The van der Waals surface area contributed by atoms with Crippen LogP contribution in [0.25, 0.3) is 0 Å². The summed E-state index contributed by atoms with van der Waals surface area (Å²) >= 11 is 0. The summed E-state index contributed by atoms with van der Waals surface area (Å²) in [4.78, 5) is 8.93. The van der Waals surface area contributed by atoms with Crippen molar-refractivity contribution in [1.82, 2.24) is 0 Å². The second-order valence-corrected chi connectivity index (χ2v) is 6.35. The van der Waals surface area contributed by atoms with Crippen molar-refractivity contribution >= 4 is 12.4 Å². The van der Waals surface area contributed by atoms with Crippen LogP contribution in [-0.2, 0) is 6.61 Å². The fraction of sp³-hybridized carbons (Fsp3) is 0.333. The molecule has 2 aromatic rings. The highest BCUT2D eigenvalue weighted by Gasteiger charge is 2.02. The summed E-state index contributed by atoms with van der Waals surface area (Å²) < 4.78 is 5.96. The molecule has 0 N–H and O–H groups in total. The van der Waals surface area contributed by atoms with Gasteiger partial charge in [-0.25, -0.2) is 0 Å². The zero-order chi connectivity index (χ0) is 17.4. The zero-order valence-electron chi connectivity index (χ0n) is 14.9. The highest BCUT2D eigenvalue weighted by Crippen LogP contribution is 2.17. The van der Waals surface area contributed by atoms with Crippen molar-refractivity contribution in [2.75, 3.05) is 0 Å². The Morgan fingerprint density at radius 2 is 1.38 bits per heavy atom. The lowest BCUT2D eigenvalue weighted by Crippen LogP contribution is -1.99. The second kappa shape index (κ2) is 9.02. The predicted molar refractivity (Wildman–Crippen MR) is 103 cm³/mol. The Hall–Kier alpha value is -2.42. The van der Waals surface area contributed by atoms with E-state index in [2.05, 4.69) is 55.9 Å². The van der Waals surface area contributed by atoms with Gasteiger partial charge in [-0.2, -0.15) is 0 Å². The van der Waals surface area contributed by atoms with Crippen LogP contribution in [0.1, 0.15) is 44.4 Å². The van der Waals surface area contributed by atoms with Crippen molar-refractivity contribution in [3.05, 3.63) is 65.2 Å². The third-order valence-electron chi connectivity index (χ3n) is 3.24. The minimum absolute atomic E-state index is 0.270. The Labute approximate surface area is 145 Å². The first-order valence-corrected chi connectivity index (χ1v) is 8.41. The summed E-state index contributed by atoms with van der Waals surface area (Å²) in [5.74, 6) is 0.830. The Bertz CT molecular complexity index is 652. The summed E-state index contributed by atoms with van der Waals surface area (Å²) in [5.41, 5.74) is 3.20. The van der Waals surface area contributed by atoms with Crippen LogP contribution >= 0.6 is 0 Å². The van der Waals surface area contributed by atoms with Crippen molar-refractivity contribution in [3.63, 3.8) is 0 Å². The smallest absolute Gasteiger partial charge is 0.121 e. The van der Waals surface area contributed by atoms with Crippen molar-refractivity contribution in [1.29, 1.82) is 0 Å². The molecule has 3 nitrogen and oxygen atoms in total. The lowest BCUT2D eigenvalue weighted by atomic mass is 10.1. The van der Waals surface area contributed by atoms with Crippen molar-refractivity contribution < 1.29 is 4.74 Å². The fourth-order valence-corrected chi connectivity index (χ4v) is 2.09. The summed E-state index contributed by atoms with van der Waals surface area (Å²) in [7, 11) is 0. The number of aliphatic imine (C=N–C) groups is 2. The molecule has 0 saturated heterocycles. The topological polar surface area (TPSA) is 34.0 Å². The van der Waals surface area contributed by atoms with Gasteiger partial charge < -0.3 is 4.74 Å². The molecular formula is C21H26N2O. The molecule has 0 amide bonds. The molecule has 0 bridgehead atoms. The van der Waals surface area contributed by atoms with Gasteiger partial charge in [-0.3, -0.25) is 9.98 Å². The van der Waals surface area contributed by atoms with Gasteiger partial charge in [0, 0.05) is 24.5 Å². The van der Waals surface area contributed by atoms with Gasteiger partial charge in [0.15, 0.2) is 0 Å². The Morgan fingerprint density at radius 1 is 0.833 bits per heavy atom. The van der Waals surface area contributed by atoms with Gasteiger partial charge in [0.25, 0.3) is 0 Å². The van der Waals surface area contributed by atoms with Gasteiger partial charge in [0.05, 0.1) is 0 Å². The molecule has 126 valence electrons. The van der Waals surface area contributed by atoms with Gasteiger partial charge in [-0.05, 0) is 62.6 Å². The molecule has 3 heteroatoms. The summed E-state index contributed by atoms with van der Waals surface area (Å²) in [5, 5.41) is 0. The van der Waals surface area contributed by atoms with E-state index < -0.39 is 0 Å². The number of ether oxygens (including phenoxy) is 1. The average Bonchev–Trinajstić information content (AvgIpc) is 2.57. The molecule has 0 unspecified atom stereocenters. The number of nitrogens with zero attached hydrogens (tertiary/aromatic N) is 2. The predicted octanol–water partition coefficient (Wildman–Crippen LogP) is 4.92. The maximum Gasteiger partial charge on any atom is 0.121 e. The fourth-order valence-electron chi connectivity index (χ4n) is 2.09. The normalized spacial score (nSPS) is 11.9. The molecule has 2 rings (SSSR count). The molecule has 0 fully saturated rings. The first-order valence-electron chi connectivity index (χ1n) is 8.41. The molecule has 0 radical (unpaired) electrons. The van der Waals surface area contributed by atoms with E-state index in [-0.39, 0.29) is 12.1 Å².